The molecule has 0 heterocycles. The van der Waals surface area contributed by atoms with E-state index in [0.29, 0.717) is 0 Å². The van der Waals surface area contributed by atoms with E-state index < -0.39 is 0 Å². The number of hydrogen-bond acceptors (Lipinski definition) is 2. The molecule has 5 nitrogen and oxygen atoms in total. The topological polar surface area (TPSA) is 53.9 Å². The number of nitrogens with zero attached hydrogens (tertiary/aromatic N) is 1. The summed E-state index contributed by atoms with van der Waals surface area (Å²) in [6.07, 6.45) is 0.870. The summed E-state index contributed by atoms with van der Waals surface area (Å²) >= 11 is 0. The van der Waals surface area contributed by atoms with Gasteiger partial charge in [-0.3, -0.25) is 9.59 Å². The largest absolute Gasteiger partial charge is 0.344 e. The lowest BCUT2D eigenvalue weighted by atomic mass is 10.1. The van der Waals surface area contributed by atoms with Gasteiger partial charge >= 0.3 is 0 Å². The molecule has 1 unspecified atom stereocenters. The number of quaternary nitrogens is 1. The van der Waals surface area contributed by atoms with Gasteiger partial charge in [-0.25, -0.2) is 0 Å². The molecule has 0 aromatic heterocycles. The molecule has 116 valence electrons. The number of carbonyl (C=O) groups excluding carboxylic acids is 2. The molecule has 0 bridgehead atoms. The first-order chi connectivity index (χ1) is 9.86. The van der Waals surface area contributed by atoms with E-state index in [1.807, 2.05) is 38.2 Å². The van der Waals surface area contributed by atoms with Crippen molar-refractivity contribution in [1.29, 1.82) is 0 Å². The predicted octanol–water partition coefficient (Wildman–Crippen LogP) is 0.179. The minimum absolute atomic E-state index is 0.0225. The van der Waals surface area contributed by atoms with Gasteiger partial charge in [0, 0.05) is 19.8 Å². The maximum absolute atomic E-state index is 12.1. The second-order valence-electron chi connectivity index (χ2n) is 5.54. The highest BCUT2D eigenvalue weighted by atomic mass is 16.2. The number of carbonyl (C=O) groups is 2. The average Bonchev–Trinajstić information content (AvgIpc) is 2.45. The number of anilines is 1. The first kappa shape index (κ1) is 17.2. The van der Waals surface area contributed by atoms with Crippen molar-refractivity contribution >= 4 is 17.5 Å². The van der Waals surface area contributed by atoms with Crippen LogP contribution in [0.5, 0.6) is 0 Å². The molecule has 0 saturated heterocycles. The lowest BCUT2D eigenvalue weighted by Crippen LogP contribution is -3.15. The van der Waals surface area contributed by atoms with E-state index in [4.69, 9.17) is 0 Å². The highest BCUT2D eigenvalue weighted by Crippen LogP contribution is 2.14. The Labute approximate surface area is 126 Å². The first-order valence-corrected chi connectivity index (χ1v) is 7.28. The highest BCUT2D eigenvalue weighted by molar-refractivity contribution is 5.92. The van der Waals surface area contributed by atoms with Crippen LogP contribution in [-0.4, -0.2) is 50.4 Å². The number of benzene rings is 1. The molecule has 0 saturated carbocycles. The molecule has 1 aromatic carbocycles. The van der Waals surface area contributed by atoms with Crippen LogP contribution in [0.1, 0.15) is 19.4 Å². The van der Waals surface area contributed by atoms with Crippen molar-refractivity contribution in [1.82, 2.24) is 4.90 Å². The summed E-state index contributed by atoms with van der Waals surface area (Å²) in [5.41, 5.74) is 1.96. The Morgan fingerprint density at radius 2 is 1.90 bits per heavy atom. The Bertz CT molecular complexity index is 500. The number of likely N-dealkylation sites (N-methyl/N-ethyl adjacent to an activating group) is 2. The average molecular weight is 292 g/mol. The summed E-state index contributed by atoms with van der Waals surface area (Å²) in [7, 11) is 5.31. The van der Waals surface area contributed by atoms with Crippen molar-refractivity contribution in [3.05, 3.63) is 29.8 Å². The molecular weight excluding hydrogens is 266 g/mol. The fraction of sp³-hybridized carbons (Fsp3) is 0.500. The van der Waals surface area contributed by atoms with E-state index in [1.165, 1.54) is 0 Å². The number of rotatable bonds is 6. The predicted molar refractivity (Wildman–Crippen MR) is 84.4 cm³/mol. The van der Waals surface area contributed by atoms with Crippen LogP contribution in [0.25, 0.3) is 0 Å². The van der Waals surface area contributed by atoms with E-state index in [1.54, 1.807) is 19.0 Å². The SMILES string of the molecule is CCc1ccccc1NC(=O)C[NH+](C)[C@H](C)C(=O)N(C)C. The van der Waals surface area contributed by atoms with E-state index in [2.05, 4.69) is 12.2 Å². The molecule has 2 atom stereocenters. The van der Waals surface area contributed by atoms with Gasteiger partial charge in [0.1, 0.15) is 0 Å². The van der Waals surface area contributed by atoms with Gasteiger partial charge in [-0.15, -0.1) is 0 Å². The number of para-hydroxylation sites is 1. The van der Waals surface area contributed by atoms with Crippen LogP contribution in [0.3, 0.4) is 0 Å². The monoisotopic (exact) mass is 292 g/mol. The van der Waals surface area contributed by atoms with Gasteiger partial charge in [0.15, 0.2) is 12.6 Å². The van der Waals surface area contributed by atoms with Crippen LogP contribution < -0.4 is 10.2 Å². The third-order valence-electron chi connectivity index (χ3n) is 3.66. The molecule has 21 heavy (non-hydrogen) atoms. The van der Waals surface area contributed by atoms with Gasteiger partial charge < -0.3 is 15.1 Å². The van der Waals surface area contributed by atoms with Crippen molar-refractivity contribution < 1.29 is 14.5 Å². The smallest absolute Gasteiger partial charge is 0.280 e. The summed E-state index contributed by atoms with van der Waals surface area (Å²) in [6.45, 7) is 4.16. The van der Waals surface area contributed by atoms with Crippen molar-refractivity contribution in [3.8, 4) is 0 Å². The van der Waals surface area contributed by atoms with Gasteiger partial charge in [-0.1, -0.05) is 25.1 Å². The van der Waals surface area contributed by atoms with Crippen LogP contribution in [-0.2, 0) is 16.0 Å². The Morgan fingerprint density at radius 1 is 1.29 bits per heavy atom. The second-order valence-corrected chi connectivity index (χ2v) is 5.54. The second kappa shape index (κ2) is 7.78. The van der Waals surface area contributed by atoms with Crippen LogP contribution in [0, 0.1) is 0 Å². The summed E-state index contributed by atoms with van der Waals surface area (Å²) in [6, 6.07) is 7.53. The van der Waals surface area contributed by atoms with Gasteiger partial charge in [0.05, 0.1) is 7.05 Å². The summed E-state index contributed by atoms with van der Waals surface area (Å²) in [5.74, 6) is -0.0546. The molecule has 0 aliphatic rings. The van der Waals surface area contributed by atoms with Crippen LogP contribution in [0.2, 0.25) is 0 Å². The number of nitrogens with one attached hydrogen (secondary N) is 2. The first-order valence-electron chi connectivity index (χ1n) is 7.28. The lowest BCUT2D eigenvalue weighted by Gasteiger charge is -2.23. The van der Waals surface area contributed by atoms with E-state index in [-0.39, 0.29) is 24.4 Å². The molecule has 0 aliphatic heterocycles. The maximum Gasteiger partial charge on any atom is 0.280 e. The van der Waals surface area contributed by atoms with E-state index >= 15 is 0 Å². The zero-order valence-electron chi connectivity index (χ0n) is 13.6. The van der Waals surface area contributed by atoms with Crippen molar-refractivity contribution in [2.75, 3.05) is 33.0 Å². The van der Waals surface area contributed by atoms with Crippen molar-refractivity contribution in [2.24, 2.45) is 0 Å². The summed E-state index contributed by atoms with van der Waals surface area (Å²) < 4.78 is 0. The molecule has 0 aliphatic carbocycles. The molecule has 2 amide bonds. The molecule has 0 fully saturated rings. The molecule has 1 aromatic rings. The van der Waals surface area contributed by atoms with Crippen molar-refractivity contribution in [2.45, 2.75) is 26.3 Å². The molecule has 2 N–H and O–H groups in total. The third-order valence-corrected chi connectivity index (χ3v) is 3.66. The van der Waals surface area contributed by atoms with Crippen LogP contribution in [0.4, 0.5) is 5.69 Å². The Balaban J connectivity index is 2.63. The zero-order chi connectivity index (χ0) is 16.0. The highest BCUT2D eigenvalue weighted by Gasteiger charge is 2.25. The molecule has 0 spiro atoms. The third kappa shape index (κ3) is 4.86. The molecule has 5 heteroatoms. The molecular formula is C16H26N3O2+. The normalized spacial score (nSPS) is 13.4. The number of amides is 2. The zero-order valence-corrected chi connectivity index (χ0v) is 13.6. The Hall–Kier alpha value is -1.88. The minimum atomic E-state index is -0.243. The fourth-order valence-corrected chi connectivity index (χ4v) is 2.15. The standard InChI is InChI=1S/C16H25N3O2/c1-6-13-9-7-8-10-14(13)17-15(20)11-19(5)12(2)16(21)18(3)4/h7-10,12H,6,11H2,1-5H3,(H,17,20)/p+1/t12-/m1/s1. The van der Waals surface area contributed by atoms with E-state index in [0.717, 1.165) is 22.6 Å². The van der Waals surface area contributed by atoms with Crippen molar-refractivity contribution in [3.63, 3.8) is 0 Å². The Kier molecular flexibility index (Phi) is 6.37. The van der Waals surface area contributed by atoms with Gasteiger partial charge in [0.2, 0.25) is 0 Å². The number of hydrogen-bond donors (Lipinski definition) is 2. The van der Waals surface area contributed by atoms with Gasteiger partial charge in [0.25, 0.3) is 11.8 Å². The molecule has 1 rings (SSSR count). The lowest BCUT2D eigenvalue weighted by molar-refractivity contribution is -0.886. The summed E-state index contributed by atoms with van der Waals surface area (Å²) in [4.78, 5) is 26.5. The number of aryl methyl sites for hydroxylation is 1. The fourth-order valence-electron chi connectivity index (χ4n) is 2.15. The summed E-state index contributed by atoms with van der Waals surface area (Å²) in [5, 5.41) is 2.93. The van der Waals surface area contributed by atoms with Gasteiger partial charge in [-0.2, -0.15) is 0 Å². The molecule has 0 radical (unpaired) electrons. The minimum Gasteiger partial charge on any atom is -0.344 e. The van der Waals surface area contributed by atoms with E-state index in [9.17, 15) is 9.59 Å². The quantitative estimate of drug-likeness (QED) is 0.786. The van der Waals surface area contributed by atoms with Crippen LogP contribution >= 0.6 is 0 Å². The maximum atomic E-state index is 12.1. The van der Waals surface area contributed by atoms with Crippen LogP contribution in [0.15, 0.2) is 24.3 Å². The Morgan fingerprint density at radius 3 is 2.48 bits per heavy atom. The van der Waals surface area contributed by atoms with Gasteiger partial charge in [-0.05, 0) is 25.0 Å².